The van der Waals surface area contributed by atoms with E-state index < -0.39 is 10.0 Å². The molecule has 0 aliphatic carbocycles. The van der Waals surface area contributed by atoms with Gasteiger partial charge >= 0.3 is 0 Å². The van der Waals surface area contributed by atoms with Gasteiger partial charge in [-0.3, -0.25) is 14.5 Å². The summed E-state index contributed by atoms with van der Waals surface area (Å²) in [7, 11) is -3.46. The van der Waals surface area contributed by atoms with Crippen molar-refractivity contribution in [1.29, 1.82) is 0 Å². The Morgan fingerprint density at radius 2 is 1.71 bits per heavy atom. The fraction of sp³-hybridized carbons (Fsp3) is 0.0476. The summed E-state index contributed by atoms with van der Waals surface area (Å²) < 4.78 is 38.9. The van der Waals surface area contributed by atoms with Crippen LogP contribution in [0.25, 0.3) is 32.8 Å². The van der Waals surface area contributed by atoms with Crippen LogP contribution in [0.15, 0.2) is 71.7 Å². The van der Waals surface area contributed by atoms with Gasteiger partial charge in [0.15, 0.2) is 5.43 Å². The van der Waals surface area contributed by atoms with E-state index in [9.17, 15) is 17.6 Å². The first-order chi connectivity index (χ1) is 13.3. The molecule has 140 valence electrons. The lowest BCUT2D eigenvalue weighted by atomic mass is 10.1. The lowest BCUT2D eigenvalue weighted by Gasteiger charge is -2.04. The Bertz CT molecular complexity index is 1400. The summed E-state index contributed by atoms with van der Waals surface area (Å²) in [5, 5.41) is 1.39. The number of sulfonamides is 1. The van der Waals surface area contributed by atoms with Crippen molar-refractivity contribution in [2.45, 2.75) is 0 Å². The van der Waals surface area contributed by atoms with E-state index in [1.165, 1.54) is 18.2 Å². The number of anilines is 1. The minimum absolute atomic E-state index is 0.280. The number of nitrogens with zero attached hydrogens (tertiary/aromatic N) is 1. The van der Waals surface area contributed by atoms with Crippen LogP contribution in [0.4, 0.5) is 10.1 Å². The number of benzene rings is 2. The monoisotopic (exact) mass is 394 g/mol. The molecule has 1 aromatic heterocycles. The third-order valence-electron chi connectivity index (χ3n) is 4.34. The highest BCUT2D eigenvalue weighted by molar-refractivity contribution is 7.92. The van der Waals surface area contributed by atoms with E-state index in [0.717, 1.165) is 6.26 Å². The Hall–Kier alpha value is -3.32. The van der Waals surface area contributed by atoms with E-state index in [0.29, 0.717) is 38.5 Å². The standard InChI is InChI=1S/C21H15FN2O3S/c1-28(26,27)24-17-7-5-13-6-8-20-19(21(25)18(13)11-17)10-15(12-23-20)14-3-2-4-16(22)9-14/h2-12,24H,1H3. The topological polar surface area (TPSA) is 76.1 Å². The Balaban J connectivity index is 1.98. The molecule has 0 aliphatic heterocycles. The summed E-state index contributed by atoms with van der Waals surface area (Å²) in [5.74, 6) is -0.375. The highest BCUT2D eigenvalue weighted by Gasteiger charge is 2.09. The predicted molar refractivity (Wildman–Crippen MR) is 109 cm³/mol. The first-order valence-electron chi connectivity index (χ1n) is 8.41. The Labute approximate surface area is 160 Å². The molecule has 7 heteroatoms. The molecule has 1 heterocycles. The van der Waals surface area contributed by atoms with Gasteiger partial charge in [0.25, 0.3) is 0 Å². The zero-order valence-electron chi connectivity index (χ0n) is 14.8. The van der Waals surface area contributed by atoms with Crippen molar-refractivity contribution in [3.8, 4) is 11.1 Å². The highest BCUT2D eigenvalue weighted by Crippen LogP contribution is 2.24. The minimum atomic E-state index is -3.46. The van der Waals surface area contributed by atoms with Crippen molar-refractivity contribution in [3.05, 3.63) is 82.9 Å². The van der Waals surface area contributed by atoms with Crippen molar-refractivity contribution in [3.63, 3.8) is 0 Å². The molecule has 0 amide bonds. The predicted octanol–water partition coefficient (Wildman–Crippen LogP) is 3.93. The molecular formula is C21H15FN2O3S. The maximum atomic E-state index is 13.6. The van der Waals surface area contributed by atoms with Gasteiger partial charge in [0.1, 0.15) is 5.82 Å². The van der Waals surface area contributed by atoms with Gasteiger partial charge in [0.2, 0.25) is 10.0 Å². The van der Waals surface area contributed by atoms with Gasteiger partial charge in [-0.05, 0) is 47.3 Å². The Morgan fingerprint density at radius 3 is 2.46 bits per heavy atom. The molecule has 0 bridgehead atoms. The van der Waals surface area contributed by atoms with Gasteiger partial charge in [-0.25, -0.2) is 12.8 Å². The number of hydrogen-bond acceptors (Lipinski definition) is 4. The summed E-state index contributed by atoms with van der Waals surface area (Å²) in [6.07, 6.45) is 2.64. The second-order valence-corrected chi connectivity index (χ2v) is 8.25. The molecule has 0 radical (unpaired) electrons. The summed E-state index contributed by atoms with van der Waals surface area (Å²) >= 11 is 0. The van der Waals surface area contributed by atoms with E-state index in [1.807, 2.05) is 0 Å². The first kappa shape index (κ1) is 18.1. The van der Waals surface area contributed by atoms with E-state index in [4.69, 9.17) is 0 Å². The van der Waals surface area contributed by atoms with Crippen LogP contribution >= 0.6 is 0 Å². The molecule has 0 unspecified atom stereocenters. The SMILES string of the molecule is CS(=O)(=O)Nc1ccc2ccc3ncc(-c4cccc(F)c4)cc3c(=O)c2c1. The number of nitrogens with one attached hydrogen (secondary N) is 1. The summed E-state index contributed by atoms with van der Waals surface area (Å²) in [6, 6.07) is 16.0. The lowest BCUT2D eigenvalue weighted by molar-refractivity contribution is 0.607. The van der Waals surface area contributed by atoms with Crippen molar-refractivity contribution in [1.82, 2.24) is 4.98 Å². The second-order valence-electron chi connectivity index (χ2n) is 6.51. The lowest BCUT2D eigenvalue weighted by Crippen LogP contribution is -2.10. The maximum Gasteiger partial charge on any atom is 0.229 e. The van der Waals surface area contributed by atoms with Crippen LogP contribution in [0, 0.1) is 5.82 Å². The van der Waals surface area contributed by atoms with Crippen molar-refractivity contribution < 1.29 is 12.8 Å². The maximum absolute atomic E-state index is 13.6. The van der Waals surface area contributed by atoms with Crippen LogP contribution in [0.5, 0.6) is 0 Å². The number of rotatable bonds is 3. The zero-order chi connectivity index (χ0) is 19.9. The number of hydrogen-bond donors (Lipinski definition) is 1. The molecule has 0 aliphatic rings. The van der Waals surface area contributed by atoms with Gasteiger partial charge in [-0.1, -0.05) is 24.3 Å². The molecule has 4 aromatic rings. The summed E-state index contributed by atoms with van der Waals surface area (Å²) in [4.78, 5) is 17.5. The van der Waals surface area contributed by atoms with Crippen LogP contribution in [-0.4, -0.2) is 19.7 Å². The molecule has 4 rings (SSSR count). The van der Waals surface area contributed by atoms with Gasteiger partial charge in [0.05, 0.1) is 11.8 Å². The normalized spacial score (nSPS) is 11.6. The fourth-order valence-electron chi connectivity index (χ4n) is 3.11. The Kier molecular flexibility index (Phi) is 4.31. The van der Waals surface area contributed by atoms with E-state index in [1.54, 1.807) is 48.7 Å². The fourth-order valence-corrected chi connectivity index (χ4v) is 3.66. The van der Waals surface area contributed by atoms with E-state index in [2.05, 4.69) is 9.71 Å². The number of fused-ring (bicyclic) bond motifs is 2. The third kappa shape index (κ3) is 3.57. The molecular weight excluding hydrogens is 379 g/mol. The number of pyridine rings is 1. The van der Waals surface area contributed by atoms with Crippen molar-refractivity contribution in [2.75, 3.05) is 11.0 Å². The molecule has 3 aromatic carbocycles. The van der Waals surface area contributed by atoms with Gasteiger partial charge in [0, 0.05) is 28.2 Å². The van der Waals surface area contributed by atoms with Crippen LogP contribution in [-0.2, 0) is 10.0 Å². The van der Waals surface area contributed by atoms with Crippen LogP contribution in [0.3, 0.4) is 0 Å². The van der Waals surface area contributed by atoms with Crippen LogP contribution in [0.2, 0.25) is 0 Å². The summed E-state index contributed by atoms with van der Waals surface area (Å²) in [5.41, 5.74) is 1.76. The molecule has 1 N–H and O–H groups in total. The molecule has 5 nitrogen and oxygen atoms in total. The average Bonchev–Trinajstić information content (AvgIpc) is 2.77. The quantitative estimate of drug-likeness (QED) is 0.571. The second kappa shape index (κ2) is 6.69. The van der Waals surface area contributed by atoms with Gasteiger partial charge in [-0.2, -0.15) is 0 Å². The molecule has 0 spiro atoms. The smallest absolute Gasteiger partial charge is 0.229 e. The molecule has 0 saturated heterocycles. The van der Waals surface area contributed by atoms with Crippen LogP contribution in [0.1, 0.15) is 0 Å². The molecule has 28 heavy (non-hydrogen) atoms. The average molecular weight is 394 g/mol. The van der Waals surface area contributed by atoms with Gasteiger partial charge in [-0.15, -0.1) is 0 Å². The largest absolute Gasteiger partial charge is 0.289 e. The van der Waals surface area contributed by atoms with Crippen molar-refractivity contribution >= 4 is 37.4 Å². The zero-order valence-corrected chi connectivity index (χ0v) is 15.6. The molecule has 0 fully saturated rings. The Morgan fingerprint density at radius 1 is 0.929 bits per heavy atom. The number of halogens is 1. The minimum Gasteiger partial charge on any atom is -0.289 e. The van der Waals surface area contributed by atoms with E-state index in [-0.39, 0.29) is 11.2 Å². The highest BCUT2D eigenvalue weighted by atomic mass is 32.2. The van der Waals surface area contributed by atoms with E-state index >= 15 is 0 Å². The molecule has 0 atom stereocenters. The molecule has 0 saturated carbocycles. The van der Waals surface area contributed by atoms with Crippen molar-refractivity contribution in [2.24, 2.45) is 0 Å². The third-order valence-corrected chi connectivity index (χ3v) is 4.95. The number of aromatic nitrogens is 1. The first-order valence-corrected chi connectivity index (χ1v) is 10.3. The van der Waals surface area contributed by atoms with Crippen LogP contribution < -0.4 is 10.2 Å². The van der Waals surface area contributed by atoms with Gasteiger partial charge < -0.3 is 0 Å². The summed E-state index contributed by atoms with van der Waals surface area (Å²) in [6.45, 7) is 0.